The number of thiazole rings is 1. The Morgan fingerprint density at radius 3 is 2.90 bits per heavy atom. The second-order valence-corrected chi connectivity index (χ2v) is 7.44. The summed E-state index contributed by atoms with van der Waals surface area (Å²) in [6.45, 7) is 0.462. The van der Waals surface area contributed by atoms with Crippen molar-refractivity contribution in [3.63, 3.8) is 0 Å². The molecule has 0 aliphatic rings. The number of H-pyrrole nitrogens is 1. The van der Waals surface area contributed by atoms with Gasteiger partial charge >= 0.3 is 0 Å². The highest BCUT2D eigenvalue weighted by molar-refractivity contribution is 7.14. The molecule has 0 saturated heterocycles. The molecule has 0 aliphatic heterocycles. The fraction of sp³-hybridized carbons (Fsp3) is 0.0526. The van der Waals surface area contributed by atoms with Gasteiger partial charge in [-0.2, -0.15) is 5.10 Å². The molecule has 0 spiro atoms. The first-order valence-electron chi connectivity index (χ1n) is 8.51. The minimum atomic E-state index is -0.547. The van der Waals surface area contributed by atoms with Gasteiger partial charge in [-0.25, -0.2) is 4.98 Å². The molecule has 1 aromatic carbocycles. The molecule has 4 aromatic rings. The highest BCUT2D eigenvalue weighted by Gasteiger charge is 2.14. The van der Waals surface area contributed by atoms with Gasteiger partial charge in [-0.1, -0.05) is 29.8 Å². The number of aromatic amines is 1. The van der Waals surface area contributed by atoms with E-state index in [1.807, 2.05) is 24.3 Å². The molecule has 10 heteroatoms. The molecule has 3 heterocycles. The first kappa shape index (κ1) is 18.9. The summed E-state index contributed by atoms with van der Waals surface area (Å²) in [4.78, 5) is 30.8. The number of carbonyl (C=O) groups is 2. The zero-order chi connectivity index (χ0) is 20.4. The Kier molecular flexibility index (Phi) is 5.15. The van der Waals surface area contributed by atoms with E-state index in [-0.39, 0.29) is 5.91 Å². The van der Waals surface area contributed by atoms with Crippen molar-refractivity contribution in [2.24, 2.45) is 5.73 Å². The normalized spacial score (nSPS) is 10.8. The van der Waals surface area contributed by atoms with Gasteiger partial charge in [0.25, 0.3) is 11.8 Å². The number of anilines is 1. The summed E-state index contributed by atoms with van der Waals surface area (Å²) < 4.78 is 1.65. The van der Waals surface area contributed by atoms with E-state index in [1.165, 1.54) is 17.5 Å². The molecular weight excluding hydrogens is 412 g/mol. The van der Waals surface area contributed by atoms with Gasteiger partial charge in [0.05, 0.1) is 24.0 Å². The van der Waals surface area contributed by atoms with Crippen LogP contribution in [-0.2, 0) is 6.54 Å². The number of nitrogens with two attached hydrogens (primary N) is 1. The quantitative estimate of drug-likeness (QED) is 0.437. The van der Waals surface area contributed by atoms with Crippen molar-refractivity contribution in [1.29, 1.82) is 0 Å². The summed E-state index contributed by atoms with van der Waals surface area (Å²) >= 11 is 7.45. The molecule has 0 saturated carbocycles. The van der Waals surface area contributed by atoms with Crippen molar-refractivity contribution >= 4 is 39.9 Å². The Morgan fingerprint density at radius 1 is 1.31 bits per heavy atom. The molecular formula is C19H15ClN6O2S. The number of halogens is 1. The Hall–Kier alpha value is -3.43. The zero-order valence-electron chi connectivity index (χ0n) is 14.9. The molecule has 0 radical (unpaired) electrons. The van der Waals surface area contributed by atoms with Crippen LogP contribution in [0, 0.1) is 0 Å². The number of primary amides is 1. The van der Waals surface area contributed by atoms with E-state index >= 15 is 0 Å². The van der Waals surface area contributed by atoms with E-state index < -0.39 is 5.91 Å². The van der Waals surface area contributed by atoms with Crippen LogP contribution in [0.4, 0.5) is 5.13 Å². The van der Waals surface area contributed by atoms with Crippen LogP contribution in [0.1, 0.15) is 26.4 Å². The fourth-order valence-corrected chi connectivity index (χ4v) is 3.60. The van der Waals surface area contributed by atoms with Crippen molar-refractivity contribution in [2.75, 3.05) is 5.32 Å². The molecule has 4 rings (SSSR count). The van der Waals surface area contributed by atoms with E-state index in [2.05, 4.69) is 20.4 Å². The molecule has 0 bridgehead atoms. The molecule has 0 unspecified atom stereocenters. The summed E-state index contributed by atoms with van der Waals surface area (Å²) in [5.74, 6) is -0.864. The summed E-state index contributed by atoms with van der Waals surface area (Å²) in [6.07, 6.45) is 4.78. The monoisotopic (exact) mass is 426 g/mol. The molecule has 146 valence electrons. The Labute approximate surface area is 174 Å². The Morgan fingerprint density at radius 2 is 2.14 bits per heavy atom. The summed E-state index contributed by atoms with van der Waals surface area (Å²) in [5.41, 5.74) is 8.20. The third kappa shape index (κ3) is 4.20. The second-order valence-electron chi connectivity index (χ2n) is 6.18. The summed E-state index contributed by atoms with van der Waals surface area (Å²) in [6, 6.07) is 9.09. The van der Waals surface area contributed by atoms with Crippen LogP contribution in [0.15, 0.2) is 54.3 Å². The van der Waals surface area contributed by atoms with E-state index in [0.717, 1.165) is 5.56 Å². The summed E-state index contributed by atoms with van der Waals surface area (Å²) in [5, 5.41) is 9.84. The van der Waals surface area contributed by atoms with Crippen molar-refractivity contribution in [3.8, 4) is 11.3 Å². The third-order valence-corrected chi connectivity index (χ3v) is 5.28. The minimum absolute atomic E-state index is 0.296. The fourth-order valence-electron chi connectivity index (χ4n) is 2.69. The van der Waals surface area contributed by atoms with Crippen LogP contribution in [-0.4, -0.2) is 31.6 Å². The number of nitrogens with zero attached hydrogens (tertiary/aromatic N) is 3. The lowest BCUT2D eigenvalue weighted by molar-refractivity contribution is 0.0994. The van der Waals surface area contributed by atoms with Crippen LogP contribution in [0.3, 0.4) is 0 Å². The highest BCUT2D eigenvalue weighted by Crippen LogP contribution is 2.26. The van der Waals surface area contributed by atoms with Crippen LogP contribution < -0.4 is 11.1 Å². The van der Waals surface area contributed by atoms with E-state index in [4.69, 9.17) is 17.3 Å². The molecule has 8 nitrogen and oxygen atoms in total. The van der Waals surface area contributed by atoms with Crippen LogP contribution in [0.25, 0.3) is 11.3 Å². The van der Waals surface area contributed by atoms with Gasteiger partial charge in [0.2, 0.25) is 0 Å². The number of amides is 2. The van der Waals surface area contributed by atoms with Gasteiger partial charge in [-0.05, 0) is 17.7 Å². The van der Waals surface area contributed by atoms with E-state index in [1.54, 1.807) is 28.5 Å². The van der Waals surface area contributed by atoms with Gasteiger partial charge in [-0.3, -0.25) is 19.6 Å². The maximum absolute atomic E-state index is 12.5. The molecule has 2 amide bonds. The van der Waals surface area contributed by atoms with Crippen molar-refractivity contribution in [1.82, 2.24) is 19.7 Å². The van der Waals surface area contributed by atoms with E-state index in [0.29, 0.717) is 39.2 Å². The maximum atomic E-state index is 12.5. The van der Waals surface area contributed by atoms with Crippen LogP contribution in [0.2, 0.25) is 5.02 Å². The molecule has 29 heavy (non-hydrogen) atoms. The van der Waals surface area contributed by atoms with Crippen molar-refractivity contribution in [2.45, 2.75) is 6.54 Å². The van der Waals surface area contributed by atoms with E-state index in [9.17, 15) is 9.59 Å². The standard InChI is InChI=1S/C19H15ClN6O2S/c20-14-4-2-1-3-11(14)8-26-9-13(7-23-26)18(28)25-19-24-16(10-29-19)12-5-15(17(21)27)22-6-12/h1-7,9-10,22H,8H2,(H2,21,27)(H,24,25,28). The Balaban J connectivity index is 1.43. The number of benzene rings is 1. The zero-order valence-corrected chi connectivity index (χ0v) is 16.5. The number of hydrogen-bond acceptors (Lipinski definition) is 5. The molecule has 4 N–H and O–H groups in total. The maximum Gasteiger partial charge on any atom is 0.265 e. The van der Waals surface area contributed by atoms with Crippen molar-refractivity contribution < 1.29 is 9.59 Å². The smallest absolute Gasteiger partial charge is 0.265 e. The molecule has 3 aromatic heterocycles. The van der Waals surface area contributed by atoms with Gasteiger partial charge in [-0.15, -0.1) is 11.3 Å². The predicted octanol–water partition coefficient (Wildman–Crippen LogP) is 3.39. The van der Waals surface area contributed by atoms with Crippen LogP contribution >= 0.6 is 22.9 Å². The largest absolute Gasteiger partial charge is 0.364 e. The van der Waals surface area contributed by atoms with Gasteiger partial charge in [0.1, 0.15) is 5.69 Å². The average molecular weight is 427 g/mol. The van der Waals surface area contributed by atoms with Crippen molar-refractivity contribution in [3.05, 3.63) is 76.1 Å². The highest BCUT2D eigenvalue weighted by atomic mass is 35.5. The second kappa shape index (κ2) is 7.90. The topological polar surface area (TPSA) is 119 Å². The lowest BCUT2D eigenvalue weighted by Crippen LogP contribution is -2.11. The molecule has 0 fully saturated rings. The van der Waals surface area contributed by atoms with Gasteiger partial charge in [0, 0.05) is 28.4 Å². The minimum Gasteiger partial charge on any atom is -0.364 e. The number of rotatable bonds is 6. The Bertz CT molecular complexity index is 1190. The van der Waals surface area contributed by atoms with Gasteiger partial charge < -0.3 is 10.7 Å². The number of nitrogens with one attached hydrogen (secondary N) is 2. The molecule has 0 atom stereocenters. The third-order valence-electron chi connectivity index (χ3n) is 4.15. The lowest BCUT2D eigenvalue weighted by Gasteiger charge is -2.03. The summed E-state index contributed by atoms with van der Waals surface area (Å²) in [7, 11) is 0. The first-order chi connectivity index (χ1) is 14.0. The number of aromatic nitrogens is 4. The molecule has 0 aliphatic carbocycles. The van der Waals surface area contributed by atoms with Gasteiger partial charge in [0.15, 0.2) is 5.13 Å². The SMILES string of the molecule is NC(=O)c1cc(-c2csc(NC(=O)c3cnn(Cc4ccccc4Cl)c3)n2)c[nH]1. The average Bonchev–Trinajstić information content (AvgIpc) is 3.43. The van der Waals surface area contributed by atoms with Crippen LogP contribution in [0.5, 0.6) is 0 Å². The lowest BCUT2D eigenvalue weighted by atomic mass is 10.2. The number of carbonyl (C=O) groups excluding carboxylic acids is 2. The number of hydrogen-bond donors (Lipinski definition) is 3. The predicted molar refractivity (Wildman–Crippen MR) is 111 cm³/mol. The first-order valence-corrected chi connectivity index (χ1v) is 9.76.